The third-order valence-corrected chi connectivity index (χ3v) is 3.15. The van der Waals surface area contributed by atoms with E-state index >= 15 is 0 Å². The van der Waals surface area contributed by atoms with Gasteiger partial charge in [0, 0.05) is 6.42 Å². The van der Waals surface area contributed by atoms with Crippen LogP contribution in [0.25, 0.3) is 0 Å². The van der Waals surface area contributed by atoms with Gasteiger partial charge in [0.25, 0.3) is 0 Å². The quantitative estimate of drug-likeness (QED) is 0.337. The molecule has 2 rings (SSSR count). The summed E-state index contributed by atoms with van der Waals surface area (Å²) in [7, 11) is 0. The van der Waals surface area contributed by atoms with Crippen molar-refractivity contribution in [1.29, 1.82) is 0 Å². The van der Waals surface area contributed by atoms with Crippen molar-refractivity contribution in [2.24, 2.45) is 0 Å². The van der Waals surface area contributed by atoms with Crippen LogP contribution >= 0.6 is 0 Å². The minimum Gasteiger partial charge on any atom is -1.00 e. The van der Waals surface area contributed by atoms with Crippen molar-refractivity contribution in [3.63, 3.8) is 0 Å². The molecule has 121 valence electrons. The second kappa shape index (κ2) is 9.34. The van der Waals surface area contributed by atoms with Crippen LogP contribution in [0.2, 0.25) is 0 Å². The van der Waals surface area contributed by atoms with Crippen LogP contribution in [0.3, 0.4) is 0 Å². The summed E-state index contributed by atoms with van der Waals surface area (Å²) in [5.74, 6) is 0.0827. The van der Waals surface area contributed by atoms with E-state index < -0.39 is 5.79 Å². The number of hydrogen-bond donors (Lipinski definition) is 0. The molecule has 0 fully saturated rings. The second-order valence-electron chi connectivity index (χ2n) is 6.20. The summed E-state index contributed by atoms with van der Waals surface area (Å²) in [6.45, 7) is 10.3. The largest absolute Gasteiger partial charge is 3.00 e. The van der Waals surface area contributed by atoms with Gasteiger partial charge in [0.2, 0.25) is 5.79 Å². The zero-order chi connectivity index (χ0) is 14.1. The predicted octanol–water partition coefficient (Wildman–Crippen LogP) is -1.54. The molecule has 2 nitrogen and oxygen atoms in total. The smallest absolute Gasteiger partial charge is 1.00 e. The van der Waals surface area contributed by atoms with Crippen LogP contribution in [-0.2, 0) is 31.2 Å². The van der Waals surface area contributed by atoms with Crippen molar-refractivity contribution in [3.8, 4) is 0 Å². The van der Waals surface area contributed by atoms with Gasteiger partial charge in [-0.25, -0.2) is 6.08 Å². The van der Waals surface area contributed by atoms with Gasteiger partial charge in [-0.05, 0) is 46.0 Å². The first-order chi connectivity index (χ1) is 8.81. The van der Waals surface area contributed by atoms with E-state index in [4.69, 9.17) is 9.47 Å². The van der Waals surface area contributed by atoms with Crippen LogP contribution in [0, 0.1) is 6.08 Å². The van der Waals surface area contributed by atoms with Gasteiger partial charge >= 0.3 is 21.7 Å². The summed E-state index contributed by atoms with van der Waals surface area (Å²) in [6.07, 6.45) is 13.1. The molecular formula is C17H23Cl2O2Ti. The van der Waals surface area contributed by atoms with E-state index in [0.29, 0.717) is 0 Å². The minimum absolute atomic E-state index is 0. The van der Waals surface area contributed by atoms with Crippen molar-refractivity contribution < 1.29 is 56.0 Å². The summed E-state index contributed by atoms with van der Waals surface area (Å²) >= 11 is 0. The van der Waals surface area contributed by atoms with E-state index in [9.17, 15) is 0 Å². The van der Waals surface area contributed by atoms with E-state index in [0.717, 1.165) is 24.2 Å². The Morgan fingerprint density at radius 3 is 2.27 bits per heavy atom. The summed E-state index contributed by atoms with van der Waals surface area (Å²) in [5, 5.41) is 0. The van der Waals surface area contributed by atoms with Crippen LogP contribution in [0.1, 0.15) is 47.5 Å². The first-order valence-electron chi connectivity index (χ1n) is 6.83. The minimum atomic E-state index is -0.700. The van der Waals surface area contributed by atoms with Gasteiger partial charge in [-0.2, -0.15) is 12.2 Å². The van der Waals surface area contributed by atoms with Crippen LogP contribution in [0.4, 0.5) is 0 Å². The number of rotatable bonds is 3. The van der Waals surface area contributed by atoms with Crippen LogP contribution in [0.15, 0.2) is 41.2 Å². The summed E-state index contributed by atoms with van der Waals surface area (Å²) in [6, 6.07) is 0. The SMILES string of the molecule is CC1=CCC(OC2=[C-]CC=C2)(OC(C)(C)C)C(C)=C1.[Cl-].[Cl-].[Ti+3]. The van der Waals surface area contributed by atoms with Gasteiger partial charge in [0.15, 0.2) is 0 Å². The molecule has 0 amide bonds. The van der Waals surface area contributed by atoms with Gasteiger partial charge < -0.3 is 34.3 Å². The van der Waals surface area contributed by atoms with Gasteiger partial charge in [0.1, 0.15) is 0 Å². The molecule has 5 heteroatoms. The maximum atomic E-state index is 6.26. The zero-order valence-corrected chi connectivity index (χ0v) is 16.9. The van der Waals surface area contributed by atoms with E-state index in [1.165, 1.54) is 5.57 Å². The van der Waals surface area contributed by atoms with E-state index in [1.807, 2.05) is 12.2 Å². The van der Waals surface area contributed by atoms with Crippen LogP contribution in [0.5, 0.6) is 0 Å². The molecule has 0 spiro atoms. The third kappa shape index (κ3) is 6.25. The fraction of sp³-hybridized carbons (Fsp3) is 0.529. The fourth-order valence-corrected chi connectivity index (χ4v) is 2.36. The molecule has 0 bridgehead atoms. The molecule has 0 N–H and O–H groups in total. The molecule has 2 aliphatic rings. The second-order valence-corrected chi connectivity index (χ2v) is 6.20. The predicted molar refractivity (Wildman–Crippen MR) is 77.3 cm³/mol. The molecule has 22 heavy (non-hydrogen) atoms. The van der Waals surface area contributed by atoms with Crippen LogP contribution in [-0.4, -0.2) is 11.4 Å². The molecule has 1 unspecified atom stereocenters. The zero-order valence-electron chi connectivity index (χ0n) is 13.8. The third-order valence-electron chi connectivity index (χ3n) is 3.15. The Kier molecular flexibility index (Phi) is 10.3. The van der Waals surface area contributed by atoms with Crippen molar-refractivity contribution >= 4 is 0 Å². The molecule has 0 aromatic heterocycles. The van der Waals surface area contributed by atoms with Crippen molar-refractivity contribution in [2.75, 3.05) is 0 Å². The van der Waals surface area contributed by atoms with Gasteiger partial charge in [-0.3, -0.25) is 0 Å². The molecule has 0 aromatic rings. The van der Waals surface area contributed by atoms with Crippen molar-refractivity contribution in [2.45, 2.75) is 58.8 Å². The van der Waals surface area contributed by atoms with Crippen LogP contribution < -0.4 is 24.8 Å². The number of halogens is 2. The summed E-state index contributed by atoms with van der Waals surface area (Å²) < 4.78 is 12.4. The summed E-state index contributed by atoms with van der Waals surface area (Å²) in [5.41, 5.74) is 2.10. The average Bonchev–Trinajstić information content (AvgIpc) is 2.74. The summed E-state index contributed by atoms with van der Waals surface area (Å²) in [4.78, 5) is 0. The molecule has 2 aliphatic carbocycles. The average molecular weight is 378 g/mol. The van der Waals surface area contributed by atoms with Gasteiger partial charge in [-0.1, -0.05) is 17.7 Å². The Balaban J connectivity index is 0. The molecule has 0 heterocycles. The van der Waals surface area contributed by atoms with Gasteiger partial charge in [-0.15, -0.1) is 6.42 Å². The molecule has 0 saturated heterocycles. The Morgan fingerprint density at radius 1 is 1.18 bits per heavy atom. The molecule has 0 aliphatic heterocycles. The van der Waals surface area contributed by atoms with E-state index in [1.54, 1.807) is 0 Å². The Hall–Kier alpha value is 0.0143. The molecule has 1 radical (unpaired) electrons. The van der Waals surface area contributed by atoms with Gasteiger partial charge in [0.05, 0.1) is 5.60 Å². The van der Waals surface area contributed by atoms with E-state index in [-0.39, 0.29) is 52.1 Å². The standard InChI is InChI=1S/C17H23O2.2ClH.Ti/c1-13-10-11-17(14(2)12-13,19-16(3,4)5)18-15-8-6-7-9-15;;;/h6,8,10,12H,7,11H2,1-5H3;2*1H;/q-1;;;+3/p-2. The van der Waals surface area contributed by atoms with E-state index in [2.05, 4.69) is 52.8 Å². The van der Waals surface area contributed by atoms with Crippen molar-refractivity contribution in [1.82, 2.24) is 0 Å². The number of hydrogen-bond acceptors (Lipinski definition) is 2. The molecule has 1 atom stereocenters. The molecule has 0 aromatic carbocycles. The number of allylic oxidation sites excluding steroid dienone is 5. The maximum absolute atomic E-state index is 6.26. The number of ether oxygens (including phenoxy) is 2. The first kappa shape index (κ1) is 24.3. The Labute approximate surface area is 161 Å². The molecule has 0 saturated carbocycles. The first-order valence-corrected chi connectivity index (χ1v) is 6.83. The monoisotopic (exact) mass is 377 g/mol. The Morgan fingerprint density at radius 2 is 1.82 bits per heavy atom. The topological polar surface area (TPSA) is 18.5 Å². The van der Waals surface area contributed by atoms with Crippen molar-refractivity contribution in [3.05, 3.63) is 47.3 Å². The Bertz CT molecular complexity index is 487. The fourth-order valence-electron chi connectivity index (χ4n) is 2.36. The normalized spacial score (nSPS) is 23.2. The molecular weight excluding hydrogens is 355 g/mol. The maximum Gasteiger partial charge on any atom is 3.00 e.